The van der Waals surface area contributed by atoms with Crippen LogP contribution in [-0.4, -0.2) is 105 Å². The van der Waals surface area contributed by atoms with Crippen molar-refractivity contribution >= 4 is 67.2 Å². The third kappa shape index (κ3) is 8.57. The number of nitrogens with one attached hydrogen (secondary N) is 1. The summed E-state index contributed by atoms with van der Waals surface area (Å²) in [7, 11) is 0. The SMILES string of the molecule is CC(CN1CCC(F)CC1)Oc1nc(N2C3CCC2CN(C(=O)OC(C)(C)C)C3)c2cc(Cl)c(-c3ccc(F)c4sc(NC(=O)OC(C)(C)C)nc34)c(F)c2n1. The molecule has 3 unspecified atom stereocenters. The van der Waals surface area contributed by atoms with Crippen LogP contribution in [0.3, 0.4) is 0 Å². The fraction of sp³-hybridized carbons (Fsp3) is 0.564. The topological polar surface area (TPSA) is 122 Å². The average Bonchev–Trinajstić information content (AvgIpc) is 3.62. The van der Waals surface area contributed by atoms with E-state index in [0.29, 0.717) is 56.8 Å². The summed E-state index contributed by atoms with van der Waals surface area (Å²) in [5.41, 5.74) is -1.28. The van der Waals surface area contributed by atoms with Crippen LogP contribution in [0.25, 0.3) is 32.2 Å². The minimum atomic E-state index is -0.816. The molecular weight excluding hydrogens is 771 g/mol. The fourth-order valence-electron chi connectivity index (χ4n) is 7.67. The van der Waals surface area contributed by atoms with E-state index in [4.69, 9.17) is 30.8 Å². The Hall–Kier alpha value is -4.15. The first kappa shape index (κ1) is 40.1. The lowest BCUT2D eigenvalue weighted by Crippen LogP contribution is -2.56. The van der Waals surface area contributed by atoms with Crippen LogP contribution in [0.1, 0.15) is 74.1 Å². The van der Waals surface area contributed by atoms with E-state index in [9.17, 15) is 14.0 Å². The summed E-state index contributed by atoms with van der Waals surface area (Å²) in [5.74, 6) is -0.983. The van der Waals surface area contributed by atoms with Gasteiger partial charge in [-0.15, -0.1) is 0 Å². The molecule has 3 saturated heterocycles. The van der Waals surface area contributed by atoms with Crippen molar-refractivity contribution in [3.63, 3.8) is 0 Å². The van der Waals surface area contributed by atoms with Crippen LogP contribution in [0.5, 0.6) is 6.01 Å². The Balaban J connectivity index is 1.29. The van der Waals surface area contributed by atoms with Crippen molar-refractivity contribution in [3.8, 4) is 17.1 Å². The molecule has 1 N–H and O–H groups in total. The third-order valence-electron chi connectivity index (χ3n) is 9.93. The number of carbonyl (C=O) groups is 2. The minimum Gasteiger partial charge on any atom is -0.459 e. The Morgan fingerprint density at radius 3 is 2.27 bits per heavy atom. The van der Waals surface area contributed by atoms with Crippen LogP contribution in [0.4, 0.5) is 33.7 Å². The minimum absolute atomic E-state index is 0.0143. The van der Waals surface area contributed by atoms with Crippen LogP contribution in [0.2, 0.25) is 5.02 Å². The number of thiazole rings is 1. The van der Waals surface area contributed by atoms with Gasteiger partial charge in [-0.25, -0.2) is 27.7 Å². The molecule has 3 fully saturated rings. The van der Waals surface area contributed by atoms with Gasteiger partial charge in [-0.1, -0.05) is 22.9 Å². The second-order valence-corrected chi connectivity index (χ2v) is 18.2. The zero-order valence-electron chi connectivity index (χ0n) is 32.6. The number of hydrogen-bond donors (Lipinski definition) is 1. The van der Waals surface area contributed by atoms with Crippen LogP contribution >= 0.6 is 22.9 Å². The van der Waals surface area contributed by atoms with Gasteiger partial charge in [0, 0.05) is 61.3 Å². The summed E-state index contributed by atoms with van der Waals surface area (Å²) >= 11 is 7.84. The Labute approximate surface area is 332 Å². The van der Waals surface area contributed by atoms with E-state index in [2.05, 4.69) is 25.1 Å². The molecule has 0 saturated carbocycles. The first-order valence-corrected chi connectivity index (χ1v) is 20.1. The predicted molar refractivity (Wildman–Crippen MR) is 211 cm³/mol. The Bertz CT molecular complexity index is 2140. The highest BCUT2D eigenvalue weighted by Gasteiger charge is 2.44. The molecule has 2 aromatic heterocycles. The number of nitrogens with zero attached hydrogens (tertiary/aromatic N) is 6. The van der Waals surface area contributed by atoms with Gasteiger partial charge in [-0.3, -0.25) is 10.2 Å². The van der Waals surface area contributed by atoms with Gasteiger partial charge in [-0.2, -0.15) is 9.97 Å². The molecule has 17 heteroatoms. The molecule has 5 heterocycles. The number of amides is 2. The Morgan fingerprint density at radius 2 is 1.62 bits per heavy atom. The normalized spacial score (nSPS) is 20.1. The maximum absolute atomic E-state index is 17.3. The highest BCUT2D eigenvalue weighted by molar-refractivity contribution is 7.22. The van der Waals surface area contributed by atoms with Crippen LogP contribution in [0, 0.1) is 11.6 Å². The molecule has 3 atom stereocenters. The molecule has 4 aromatic rings. The molecule has 302 valence electrons. The van der Waals surface area contributed by atoms with Gasteiger partial charge in [-0.05, 0) is 92.3 Å². The van der Waals surface area contributed by atoms with Crippen molar-refractivity contribution in [3.05, 3.63) is 34.9 Å². The average molecular weight is 818 g/mol. The van der Waals surface area contributed by atoms with E-state index in [1.165, 1.54) is 12.1 Å². The van der Waals surface area contributed by atoms with Crippen molar-refractivity contribution in [2.24, 2.45) is 0 Å². The quantitative estimate of drug-likeness (QED) is 0.193. The Morgan fingerprint density at radius 1 is 0.964 bits per heavy atom. The number of aromatic nitrogens is 3. The van der Waals surface area contributed by atoms with E-state index in [1.54, 1.807) is 31.7 Å². The van der Waals surface area contributed by atoms with Crippen molar-refractivity contribution in [2.45, 2.75) is 110 Å². The number of likely N-dealkylation sites (tertiary alicyclic amines) is 2. The molecule has 56 heavy (non-hydrogen) atoms. The molecule has 2 bridgehead atoms. The lowest BCUT2D eigenvalue weighted by Gasteiger charge is -2.42. The maximum Gasteiger partial charge on any atom is 0.413 e. The molecule has 7 rings (SSSR count). The zero-order valence-corrected chi connectivity index (χ0v) is 34.1. The predicted octanol–water partition coefficient (Wildman–Crippen LogP) is 8.97. The number of anilines is 2. The smallest absolute Gasteiger partial charge is 0.413 e. The number of piperidine rings is 1. The number of rotatable bonds is 7. The summed E-state index contributed by atoms with van der Waals surface area (Å²) < 4.78 is 63.8. The van der Waals surface area contributed by atoms with Gasteiger partial charge >= 0.3 is 18.2 Å². The van der Waals surface area contributed by atoms with Crippen LogP contribution in [0.15, 0.2) is 18.2 Å². The van der Waals surface area contributed by atoms with Crippen molar-refractivity contribution < 1.29 is 37.0 Å². The summed E-state index contributed by atoms with van der Waals surface area (Å²) in [4.78, 5) is 45.6. The number of fused-ring (bicyclic) bond motifs is 4. The van der Waals surface area contributed by atoms with Gasteiger partial charge in [0.2, 0.25) is 0 Å². The van der Waals surface area contributed by atoms with Crippen molar-refractivity contribution in [1.82, 2.24) is 24.8 Å². The monoisotopic (exact) mass is 817 g/mol. The lowest BCUT2D eigenvalue weighted by molar-refractivity contribution is 0.0209. The summed E-state index contributed by atoms with van der Waals surface area (Å²) in [6.07, 6.45) is 0.0160. The molecule has 2 amide bonds. The van der Waals surface area contributed by atoms with Crippen LogP contribution in [-0.2, 0) is 9.47 Å². The van der Waals surface area contributed by atoms with E-state index in [0.717, 1.165) is 24.2 Å². The van der Waals surface area contributed by atoms with Gasteiger partial charge < -0.3 is 24.0 Å². The number of carbonyl (C=O) groups excluding carboxylic acids is 2. The van der Waals surface area contributed by atoms with Crippen molar-refractivity contribution in [1.29, 1.82) is 0 Å². The Kier molecular flexibility index (Phi) is 11.0. The molecule has 2 aromatic carbocycles. The van der Waals surface area contributed by atoms with Gasteiger partial charge in [0.1, 0.15) is 40.6 Å². The number of hydrogen-bond acceptors (Lipinski definition) is 11. The van der Waals surface area contributed by atoms with Gasteiger partial charge in [0.25, 0.3) is 0 Å². The maximum atomic E-state index is 17.3. The molecule has 0 spiro atoms. The van der Waals surface area contributed by atoms with E-state index in [-0.39, 0.29) is 55.1 Å². The zero-order chi connectivity index (χ0) is 40.3. The highest BCUT2D eigenvalue weighted by Crippen LogP contribution is 2.45. The lowest BCUT2D eigenvalue weighted by atomic mass is 10.0. The molecule has 0 radical (unpaired) electrons. The van der Waals surface area contributed by atoms with Gasteiger partial charge in [0.15, 0.2) is 10.9 Å². The summed E-state index contributed by atoms with van der Waals surface area (Å²) in [6.45, 7) is 14.9. The number of benzene rings is 2. The van der Waals surface area contributed by atoms with E-state index >= 15 is 8.78 Å². The molecule has 12 nitrogen and oxygen atoms in total. The third-order valence-corrected chi connectivity index (χ3v) is 11.2. The number of halogens is 4. The fourth-order valence-corrected chi connectivity index (χ4v) is 8.84. The van der Waals surface area contributed by atoms with E-state index < -0.39 is 47.3 Å². The summed E-state index contributed by atoms with van der Waals surface area (Å²) in [5, 5.41) is 2.96. The second kappa shape index (κ2) is 15.3. The number of ether oxygens (including phenoxy) is 3. The number of alkyl halides is 1. The van der Waals surface area contributed by atoms with Crippen LogP contribution < -0.4 is 15.0 Å². The van der Waals surface area contributed by atoms with Crippen molar-refractivity contribution in [2.75, 3.05) is 42.9 Å². The van der Waals surface area contributed by atoms with Gasteiger partial charge in [0.05, 0.1) is 15.2 Å². The molecular formula is C39H47ClF3N7O5S. The first-order chi connectivity index (χ1) is 26.3. The molecule has 0 aliphatic carbocycles. The van der Waals surface area contributed by atoms with E-state index in [1.807, 2.05) is 27.7 Å². The standard InChI is InChI=1S/C39H47ClF3N7O5S/c1-20(17-48-14-12-21(41)13-15-48)53-34-44-30-25(33(46-34)50-22-8-9-23(50)19-49(18-22)37(52)55-39(5,6)7)16-26(40)28(29(30)43)24-10-11-27(42)32-31(24)45-35(56-32)47-36(51)54-38(2,3)4/h10-11,16,20-23H,8-9,12-15,17-19H2,1-7H3,(H,45,47,51). The first-order valence-electron chi connectivity index (χ1n) is 18.9. The summed E-state index contributed by atoms with van der Waals surface area (Å²) in [6, 6.07) is 3.82. The molecule has 3 aliphatic rings. The molecule has 3 aliphatic heterocycles. The second-order valence-electron chi connectivity index (χ2n) is 16.8. The largest absolute Gasteiger partial charge is 0.459 e. The number of piperazine rings is 1. The highest BCUT2D eigenvalue weighted by atomic mass is 35.5.